The van der Waals surface area contributed by atoms with E-state index >= 15 is 0 Å². The SMILES string of the molecule is Cn1ccc(Nc2cc(-c3cnn(C4CNC4)c3)ccn2)c1. The topological polar surface area (TPSA) is 59.7 Å². The zero-order valence-corrected chi connectivity index (χ0v) is 12.4. The average molecular weight is 294 g/mol. The van der Waals surface area contributed by atoms with E-state index in [0.29, 0.717) is 6.04 Å². The highest BCUT2D eigenvalue weighted by Gasteiger charge is 2.19. The van der Waals surface area contributed by atoms with Crippen molar-refractivity contribution in [1.82, 2.24) is 24.6 Å². The molecule has 0 atom stereocenters. The summed E-state index contributed by atoms with van der Waals surface area (Å²) >= 11 is 0. The summed E-state index contributed by atoms with van der Waals surface area (Å²) in [5.74, 6) is 0.835. The Bertz CT molecular complexity index is 783. The molecule has 0 bridgehead atoms. The van der Waals surface area contributed by atoms with Gasteiger partial charge in [0.2, 0.25) is 0 Å². The lowest BCUT2D eigenvalue weighted by molar-refractivity contribution is 0.318. The Hall–Kier alpha value is -2.60. The second-order valence-corrected chi connectivity index (χ2v) is 5.64. The van der Waals surface area contributed by atoms with Crippen LogP contribution in [0.1, 0.15) is 6.04 Å². The number of hydrogen-bond donors (Lipinski definition) is 2. The molecule has 4 rings (SSSR count). The lowest BCUT2D eigenvalue weighted by atomic mass is 10.1. The van der Waals surface area contributed by atoms with E-state index in [1.165, 1.54) is 0 Å². The number of hydrogen-bond acceptors (Lipinski definition) is 4. The van der Waals surface area contributed by atoms with E-state index in [1.807, 2.05) is 59.3 Å². The molecule has 22 heavy (non-hydrogen) atoms. The van der Waals surface area contributed by atoms with Gasteiger partial charge in [0.05, 0.1) is 17.9 Å². The molecule has 2 N–H and O–H groups in total. The summed E-state index contributed by atoms with van der Waals surface area (Å²) in [6, 6.07) is 6.57. The van der Waals surface area contributed by atoms with Gasteiger partial charge >= 0.3 is 0 Å². The van der Waals surface area contributed by atoms with Gasteiger partial charge in [-0.3, -0.25) is 4.68 Å². The summed E-state index contributed by atoms with van der Waals surface area (Å²) in [7, 11) is 2.00. The Morgan fingerprint density at radius 1 is 1.23 bits per heavy atom. The lowest BCUT2D eigenvalue weighted by Crippen LogP contribution is -2.43. The van der Waals surface area contributed by atoms with Crippen LogP contribution in [-0.2, 0) is 7.05 Å². The molecule has 3 aromatic heterocycles. The fourth-order valence-electron chi connectivity index (χ4n) is 2.55. The van der Waals surface area contributed by atoms with Crippen LogP contribution in [0.5, 0.6) is 0 Å². The van der Waals surface area contributed by atoms with Gasteiger partial charge in [-0.2, -0.15) is 5.10 Å². The molecular formula is C16H18N6. The second kappa shape index (κ2) is 5.31. The first-order valence-electron chi connectivity index (χ1n) is 7.38. The number of nitrogens with one attached hydrogen (secondary N) is 2. The van der Waals surface area contributed by atoms with Gasteiger partial charge in [-0.05, 0) is 23.8 Å². The summed E-state index contributed by atoms with van der Waals surface area (Å²) in [5, 5.41) is 11.0. The standard InChI is InChI=1S/C16H18N6/c1-21-5-3-14(11-21)20-16-6-12(2-4-18-16)13-7-19-22(10-13)15-8-17-9-15/h2-7,10-11,15,17H,8-9H2,1H3,(H,18,20). The van der Waals surface area contributed by atoms with Gasteiger partial charge in [-0.25, -0.2) is 4.98 Å². The number of anilines is 2. The number of pyridine rings is 1. The van der Waals surface area contributed by atoms with Crippen LogP contribution in [0.2, 0.25) is 0 Å². The number of aromatic nitrogens is 4. The highest BCUT2D eigenvalue weighted by Crippen LogP contribution is 2.24. The normalized spacial score (nSPS) is 14.8. The fourth-order valence-corrected chi connectivity index (χ4v) is 2.55. The van der Waals surface area contributed by atoms with Gasteiger partial charge in [0, 0.05) is 50.5 Å². The number of rotatable bonds is 4. The quantitative estimate of drug-likeness (QED) is 0.774. The molecule has 6 heteroatoms. The molecule has 0 aliphatic carbocycles. The number of nitrogens with zero attached hydrogens (tertiary/aromatic N) is 4. The second-order valence-electron chi connectivity index (χ2n) is 5.64. The summed E-state index contributed by atoms with van der Waals surface area (Å²) in [4.78, 5) is 4.38. The van der Waals surface area contributed by atoms with Crippen LogP contribution in [0.4, 0.5) is 11.5 Å². The van der Waals surface area contributed by atoms with Crippen LogP contribution in [0, 0.1) is 0 Å². The minimum absolute atomic E-state index is 0.484. The Morgan fingerprint density at radius 2 is 2.14 bits per heavy atom. The fraction of sp³-hybridized carbons (Fsp3) is 0.250. The molecule has 1 saturated heterocycles. The van der Waals surface area contributed by atoms with Gasteiger partial charge < -0.3 is 15.2 Å². The van der Waals surface area contributed by atoms with Crippen molar-refractivity contribution in [2.45, 2.75) is 6.04 Å². The minimum Gasteiger partial charge on any atom is -0.355 e. The molecule has 0 saturated carbocycles. The molecular weight excluding hydrogens is 276 g/mol. The maximum Gasteiger partial charge on any atom is 0.130 e. The minimum atomic E-state index is 0.484. The lowest BCUT2D eigenvalue weighted by Gasteiger charge is -2.27. The van der Waals surface area contributed by atoms with Crippen molar-refractivity contribution >= 4 is 11.5 Å². The Labute approximate surface area is 128 Å². The molecule has 0 radical (unpaired) electrons. The first-order chi connectivity index (χ1) is 10.8. The van der Waals surface area contributed by atoms with Crippen LogP contribution in [-0.4, -0.2) is 32.4 Å². The smallest absolute Gasteiger partial charge is 0.130 e. The third kappa shape index (κ3) is 2.48. The molecule has 0 aromatic carbocycles. The molecule has 1 fully saturated rings. The molecule has 6 nitrogen and oxygen atoms in total. The van der Waals surface area contributed by atoms with E-state index in [2.05, 4.69) is 26.9 Å². The summed E-state index contributed by atoms with van der Waals surface area (Å²) in [5.41, 5.74) is 3.26. The first kappa shape index (κ1) is 13.1. The van der Waals surface area contributed by atoms with Crippen molar-refractivity contribution in [2.24, 2.45) is 7.05 Å². The summed E-state index contributed by atoms with van der Waals surface area (Å²) < 4.78 is 4.04. The Morgan fingerprint density at radius 3 is 2.86 bits per heavy atom. The van der Waals surface area contributed by atoms with E-state index in [-0.39, 0.29) is 0 Å². The van der Waals surface area contributed by atoms with E-state index in [9.17, 15) is 0 Å². The zero-order valence-electron chi connectivity index (χ0n) is 12.4. The van der Waals surface area contributed by atoms with Crippen molar-refractivity contribution in [3.05, 3.63) is 49.2 Å². The maximum absolute atomic E-state index is 4.46. The third-order valence-corrected chi connectivity index (χ3v) is 3.93. The van der Waals surface area contributed by atoms with Crippen LogP contribution < -0.4 is 10.6 Å². The maximum atomic E-state index is 4.46. The highest BCUT2D eigenvalue weighted by atomic mass is 15.3. The van der Waals surface area contributed by atoms with Crippen molar-refractivity contribution in [2.75, 3.05) is 18.4 Å². The van der Waals surface area contributed by atoms with Gasteiger partial charge in [-0.1, -0.05) is 0 Å². The van der Waals surface area contributed by atoms with Crippen molar-refractivity contribution in [3.8, 4) is 11.1 Å². The third-order valence-electron chi connectivity index (χ3n) is 3.93. The van der Waals surface area contributed by atoms with Gasteiger partial charge in [0.1, 0.15) is 5.82 Å². The molecule has 0 amide bonds. The molecule has 112 valence electrons. The van der Waals surface area contributed by atoms with E-state index in [4.69, 9.17) is 0 Å². The first-order valence-corrected chi connectivity index (χ1v) is 7.38. The van der Waals surface area contributed by atoms with Gasteiger partial charge in [-0.15, -0.1) is 0 Å². The van der Waals surface area contributed by atoms with Crippen LogP contribution >= 0.6 is 0 Å². The van der Waals surface area contributed by atoms with Crippen molar-refractivity contribution < 1.29 is 0 Å². The van der Waals surface area contributed by atoms with E-state index in [0.717, 1.165) is 35.7 Å². The molecule has 4 heterocycles. The van der Waals surface area contributed by atoms with Crippen LogP contribution in [0.25, 0.3) is 11.1 Å². The van der Waals surface area contributed by atoms with Crippen molar-refractivity contribution in [3.63, 3.8) is 0 Å². The van der Waals surface area contributed by atoms with Gasteiger partial charge in [0.25, 0.3) is 0 Å². The molecule has 0 unspecified atom stereocenters. The zero-order chi connectivity index (χ0) is 14.9. The van der Waals surface area contributed by atoms with Gasteiger partial charge in [0.15, 0.2) is 0 Å². The van der Waals surface area contributed by atoms with Crippen molar-refractivity contribution in [1.29, 1.82) is 0 Å². The Balaban J connectivity index is 1.56. The predicted octanol–water partition coefficient (Wildman–Crippen LogP) is 2.17. The molecule has 1 aliphatic heterocycles. The number of aryl methyl sites for hydroxylation is 1. The van der Waals surface area contributed by atoms with E-state index in [1.54, 1.807) is 0 Å². The van der Waals surface area contributed by atoms with E-state index < -0.39 is 0 Å². The summed E-state index contributed by atoms with van der Waals surface area (Å²) in [6.45, 7) is 2.00. The van der Waals surface area contributed by atoms with Crippen LogP contribution in [0.3, 0.4) is 0 Å². The monoisotopic (exact) mass is 294 g/mol. The molecule has 3 aromatic rings. The largest absolute Gasteiger partial charge is 0.355 e. The average Bonchev–Trinajstić information content (AvgIpc) is 3.07. The molecule has 1 aliphatic rings. The predicted molar refractivity (Wildman–Crippen MR) is 86.1 cm³/mol. The van der Waals surface area contributed by atoms with Crippen LogP contribution in [0.15, 0.2) is 49.2 Å². The summed E-state index contributed by atoms with van der Waals surface area (Å²) in [6.07, 6.45) is 9.87. The highest BCUT2D eigenvalue weighted by molar-refractivity contribution is 5.67. The molecule has 0 spiro atoms. The Kier molecular flexibility index (Phi) is 3.16.